The zero-order chi connectivity index (χ0) is 18.5. The van der Waals surface area contributed by atoms with Crippen molar-refractivity contribution in [2.45, 2.75) is 0 Å². The van der Waals surface area contributed by atoms with Crippen molar-refractivity contribution in [3.05, 3.63) is 58.1 Å². The molecule has 0 bridgehead atoms. The molecule has 0 unspecified atom stereocenters. The molecule has 0 aliphatic carbocycles. The van der Waals surface area contributed by atoms with Gasteiger partial charge in [0.25, 0.3) is 11.6 Å². The third-order valence-electron chi connectivity index (χ3n) is 3.87. The Morgan fingerprint density at radius 2 is 1.85 bits per heavy atom. The number of hydrogen-bond acceptors (Lipinski definition) is 6. The van der Waals surface area contributed by atoms with Crippen LogP contribution in [0, 0.1) is 10.1 Å². The highest BCUT2D eigenvalue weighted by atomic mass is 16.6. The van der Waals surface area contributed by atoms with E-state index in [1.807, 2.05) is 30.3 Å². The monoisotopic (exact) mass is 358 g/mol. The molecule has 0 saturated carbocycles. The van der Waals surface area contributed by atoms with Gasteiger partial charge in [-0.05, 0) is 12.1 Å². The van der Waals surface area contributed by atoms with Crippen molar-refractivity contribution >= 4 is 11.6 Å². The molecule has 1 aliphatic heterocycles. The Hall–Kier alpha value is -3.29. The van der Waals surface area contributed by atoms with Gasteiger partial charge < -0.3 is 19.1 Å². The molecule has 1 amide bonds. The van der Waals surface area contributed by atoms with Gasteiger partial charge in [0, 0.05) is 13.1 Å². The fourth-order valence-electron chi connectivity index (χ4n) is 2.52. The second-order valence-electron chi connectivity index (χ2n) is 5.66. The third kappa shape index (κ3) is 3.85. The molecule has 2 aromatic rings. The molecule has 3 rings (SSSR count). The topological polar surface area (TPSA) is 91.1 Å². The minimum absolute atomic E-state index is 0.0403. The first-order valence-corrected chi connectivity index (χ1v) is 8.07. The Labute approximate surface area is 150 Å². The number of nitro benzene ring substituents is 1. The summed E-state index contributed by atoms with van der Waals surface area (Å²) in [6.07, 6.45) is 0. The summed E-state index contributed by atoms with van der Waals surface area (Å²) < 4.78 is 16.3. The fourth-order valence-corrected chi connectivity index (χ4v) is 2.52. The summed E-state index contributed by atoms with van der Waals surface area (Å²) in [5, 5.41) is 11.3. The molecule has 8 nitrogen and oxygen atoms in total. The normalized spacial score (nSPS) is 12.3. The first kappa shape index (κ1) is 17.5. The average molecular weight is 358 g/mol. The minimum atomic E-state index is -0.597. The number of ether oxygens (including phenoxy) is 3. The number of rotatable bonds is 6. The van der Waals surface area contributed by atoms with E-state index in [0.717, 1.165) is 0 Å². The molecular weight excluding hydrogens is 340 g/mol. The number of amides is 1. The van der Waals surface area contributed by atoms with Crippen LogP contribution in [0.2, 0.25) is 0 Å². The van der Waals surface area contributed by atoms with Crippen LogP contribution in [0.25, 0.3) is 0 Å². The standard InChI is InChI=1S/C18H18N2O6/c1-19(7-8-24-13-5-3-2-4-6-13)18(21)14-11-16-17(26-10-9-25-16)12-15(14)20(22)23/h2-6,11-12H,7-10H2,1H3. The van der Waals surface area contributed by atoms with Crippen molar-refractivity contribution in [3.8, 4) is 17.2 Å². The number of likely N-dealkylation sites (N-methyl/N-ethyl adjacent to an activating group) is 1. The largest absolute Gasteiger partial charge is 0.492 e. The van der Waals surface area contributed by atoms with Crippen LogP contribution in [0.5, 0.6) is 17.2 Å². The van der Waals surface area contributed by atoms with E-state index in [-0.39, 0.29) is 30.2 Å². The Kier molecular flexibility index (Phi) is 5.21. The maximum atomic E-state index is 12.7. The number of para-hydroxylation sites is 1. The summed E-state index contributed by atoms with van der Waals surface area (Å²) in [7, 11) is 1.57. The number of carbonyl (C=O) groups excluding carboxylic acids is 1. The van der Waals surface area contributed by atoms with Crippen LogP contribution in [0.3, 0.4) is 0 Å². The van der Waals surface area contributed by atoms with Crippen LogP contribution in [-0.2, 0) is 0 Å². The van der Waals surface area contributed by atoms with E-state index >= 15 is 0 Å². The maximum Gasteiger partial charge on any atom is 0.286 e. The average Bonchev–Trinajstić information content (AvgIpc) is 2.67. The quantitative estimate of drug-likeness (QED) is 0.582. The van der Waals surface area contributed by atoms with Crippen LogP contribution in [0.4, 0.5) is 5.69 Å². The third-order valence-corrected chi connectivity index (χ3v) is 3.87. The molecule has 0 fully saturated rings. The number of hydrogen-bond donors (Lipinski definition) is 0. The van der Waals surface area contributed by atoms with Crippen molar-refractivity contribution < 1.29 is 23.9 Å². The molecule has 0 atom stereocenters. The van der Waals surface area contributed by atoms with Gasteiger partial charge in [-0.2, -0.15) is 0 Å². The van der Waals surface area contributed by atoms with Crippen molar-refractivity contribution in [3.63, 3.8) is 0 Å². The summed E-state index contributed by atoms with van der Waals surface area (Å²) in [4.78, 5) is 24.8. The SMILES string of the molecule is CN(CCOc1ccccc1)C(=O)c1cc2c(cc1[N+](=O)[O-])OCCO2. The van der Waals surface area contributed by atoms with Crippen LogP contribution in [-0.4, -0.2) is 49.1 Å². The molecule has 8 heteroatoms. The number of nitrogens with zero attached hydrogens (tertiary/aromatic N) is 2. The summed E-state index contributed by atoms with van der Waals surface area (Å²) in [6, 6.07) is 11.8. The van der Waals surface area contributed by atoms with Gasteiger partial charge in [-0.1, -0.05) is 18.2 Å². The molecule has 0 radical (unpaired) electrons. The van der Waals surface area contributed by atoms with E-state index in [9.17, 15) is 14.9 Å². The molecule has 1 heterocycles. The van der Waals surface area contributed by atoms with Crippen LogP contribution in [0.15, 0.2) is 42.5 Å². The van der Waals surface area contributed by atoms with Crippen molar-refractivity contribution in [1.29, 1.82) is 0 Å². The highest BCUT2D eigenvalue weighted by molar-refractivity contribution is 5.99. The van der Waals surface area contributed by atoms with Gasteiger partial charge in [-0.3, -0.25) is 14.9 Å². The van der Waals surface area contributed by atoms with E-state index < -0.39 is 10.8 Å². The van der Waals surface area contributed by atoms with Crippen molar-refractivity contribution in [1.82, 2.24) is 4.90 Å². The highest BCUT2D eigenvalue weighted by Crippen LogP contribution is 2.37. The second kappa shape index (κ2) is 7.73. The lowest BCUT2D eigenvalue weighted by Gasteiger charge is -2.21. The van der Waals surface area contributed by atoms with Gasteiger partial charge in [0.2, 0.25) is 0 Å². The summed E-state index contributed by atoms with van der Waals surface area (Å²) in [5.41, 5.74) is -0.350. The second-order valence-corrected chi connectivity index (χ2v) is 5.66. The summed E-state index contributed by atoms with van der Waals surface area (Å²) in [6.45, 7) is 1.19. The Bertz CT molecular complexity index is 809. The predicted octanol–water partition coefficient (Wildman–Crippen LogP) is 2.52. The lowest BCUT2D eigenvalue weighted by Crippen LogP contribution is -2.31. The van der Waals surface area contributed by atoms with Gasteiger partial charge in [-0.15, -0.1) is 0 Å². The van der Waals surface area contributed by atoms with Gasteiger partial charge >= 0.3 is 0 Å². The first-order chi connectivity index (χ1) is 12.6. The van der Waals surface area contributed by atoms with E-state index in [1.54, 1.807) is 7.05 Å². The number of fused-ring (bicyclic) bond motifs is 1. The number of carbonyl (C=O) groups is 1. The van der Waals surface area contributed by atoms with E-state index in [4.69, 9.17) is 14.2 Å². The fraction of sp³-hybridized carbons (Fsp3) is 0.278. The molecule has 0 spiro atoms. The lowest BCUT2D eigenvalue weighted by atomic mass is 10.1. The molecule has 2 aromatic carbocycles. The zero-order valence-electron chi connectivity index (χ0n) is 14.2. The predicted molar refractivity (Wildman–Crippen MR) is 93.0 cm³/mol. The lowest BCUT2D eigenvalue weighted by molar-refractivity contribution is -0.385. The molecule has 136 valence electrons. The van der Waals surface area contributed by atoms with Crippen LogP contribution in [0.1, 0.15) is 10.4 Å². The van der Waals surface area contributed by atoms with E-state index in [1.165, 1.54) is 17.0 Å². The smallest absolute Gasteiger partial charge is 0.286 e. The zero-order valence-corrected chi connectivity index (χ0v) is 14.2. The number of benzene rings is 2. The molecular formula is C18H18N2O6. The van der Waals surface area contributed by atoms with Crippen molar-refractivity contribution in [2.75, 3.05) is 33.4 Å². The van der Waals surface area contributed by atoms with E-state index in [2.05, 4.69) is 0 Å². The van der Waals surface area contributed by atoms with Crippen molar-refractivity contribution in [2.24, 2.45) is 0 Å². The Balaban J connectivity index is 1.72. The molecule has 1 aliphatic rings. The molecule has 0 N–H and O–H groups in total. The van der Waals surface area contributed by atoms with Gasteiger partial charge in [0.1, 0.15) is 31.1 Å². The van der Waals surface area contributed by atoms with Gasteiger partial charge in [0.05, 0.1) is 17.5 Å². The van der Waals surface area contributed by atoms with Gasteiger partial charge in [0.15, 0.2) is 11.5 Å². The van der Waals surface area contributed by atoms with E-state index in [0.29, 0.717) is 24.7 Å². The molecule has 0 saturated heterocycles. The summed E-state index contributed by atoms with van der Waals surface area (Å²) in [5.74, 6) is 0.817. The van der Waals surface area contributed by atoms with Gasteiger partial charge in [-0.25, -0.2) is 0 Å². The summed E-state index contributed by atoms with van der Waals surface area (Å²) >= 11 is 0. The number of nitro groups is 1. The molecule has 26 heavy (non-hydrogen) atoms. The first-order valence-electron chi connectivity index (χ1n) is 8.07. The van der Waals surface area contributed by atoms with Crippen LogP contribution < -0.4 is 14.2 Å². The Morgan fingerprint density at radius 1 is 1.19 bits per heavy atom. The maximum absolute atomic E-state index is 12.7. The minimum Gasteiger partial charge on any atom is -0.492 e. The highest BCUT2D eigenvalue weighted by Gasteiger charge is 2.28. The van der Waals surface area contributed by atoms with Crippen LogP contribution >= 0.6 is 0 Å². The Morgan fingerprint density at radius 3 is 2.50 bits per heavy atom. The molecule has 0 aromatic heterocycles.